The van der Waals surface area contributed by atoms with Gasteiger partial charge in [-0.05, 0) is 55.9 Å². The van der Waals surface area contributed by atoms with Crippen molar-refractivity contribution in [2.45, 2.75) is 24.4 Å². The fraction of sp³-hybridized carbons (Fsp3) is 0.316. The molecule has 8 heteroatoms. The van der Waals surface area contributed by atoms with E-state index < -0.39 is 0 Å². The summed E-state index contributed by atoms with van der Waals surface area (Å²) in [6, 6.07) is 9.50. The summed E-state index contributed by atoms with van der Waals surface area (Å²) in [7, 11) is 0. The van der Waals surface area contributed by atoms with Crippen molar-refractivity contribution in [2.75, 3.05) is 29.6 Å². The fourth-order valence-electron chi connectivity index (χ4n) is 3.16. The van der Waals surface area contributed by atoms with Crippen molar-refractivity contribution in [1.82, 2.24) is 9.97 Å². The minimum Gasteiger partial charge on any atom is -0.356 e. The van der Waals surface area contributed by atoms with Crippen LogP contribution in [0.2, 0.25) is 0 Å². The number of rotatable bonds is 4. The van der Waals surface area contributed by atoms with Crippen LogP contribution in [-0.2, 0) is 0 Å². The SMILES string of the molecule is CSc1nc(N2CCCCC2)c2cc(C(=O)Nc3ccc(Br)cc3)sc2n1. The van der Waals surface area contributed by atoms with Gasteiger partial charge in [0.15, 0.2) is 5.16 Å². The van der Waals surface area contributed by atoms with E-state index in [1.165, 1.54) is 42.4 Å². The Labute approximate surface area is 174 Å². The van der Waals surface area contributed by atoms with Crippen LogP contribution in [0.3, 0.4) is 0 Å². The molecular weight excluding hydrogens is 444 g/mol. The average molecular weight is 463 g/mol. The first kappa shape index (κ1) is 18.7. The maximum absolute atomic E-state index is 12.7. The van der Waals surface area contributed by atoms with Gasteiger partial charge in [0.2, 0.25) is 0 Å². The van der Waals surface area contributed by atoms with E-state index in [1.807, 2.05) is 36.6 Å². The van der Waals surface area contributed by atoms with Gasteiger partial charge in [0.25, 0.3) is 5.91 Å². The molecule has 140 valence electrons. The second-order valence-corrected chi connectivity index (χ2v) is 9.09. The highest BCUT2D eigenvalue weighted by Crippen LogP contribution is 2.34. The molecule has 1 saturated heterocycles. The number of amides is 1. The summed E-state index contributed by atoms with van der Waals surface area (Å²) in [5, 5.41) is 4.68. The number of piperidine rings is 1. The Hall–Kier alpha value is -1.64. The van der Waals surface area contributed by atoms with Crippen LogP contribution in [0, 0.1) is 0 Å². The van der Waals surface area contributed by atoms with Gasteiger partial charge >= 0.3 is 0 Å². The largest absolute Gasteiger partial charge is 0.356 e. The van der Waals surface area contributed by atoms with Crippen molar-refractivity contribution < 1.29 is 4.79 Å². The maximum Gasteiger partial charge on any atom is 0.265 e. The summed E-state index contributed by atoms with van der Waals surface area (Å²) >= 11 is 6.37. The number of fused-ring (bicyclic) bond motifs is 1. The molecule has 1 amide bonds. The molecule has 0 bridgehead atoms. The Kier molecular flexibility index (Phi) is 5.66. The molecule has 1 aliphatic heterocycles. The van der Waals surface area contributed by atoms with Crippen LogP contribution in [0.5, 0.6) is 0 Å². The highest BCUT2D eigenvalue weighted by Gasteiger charge is 2.20. The Morgan fingerprint density at radius 3 is 2.63 bits per heavy atom. The first-order chi connectivity index (χ1) is 13.1. The van der Waals surface area contributed by atoms with E-state index >= 15 is 0 Å². The lowest BCUT2D eigenvalue weighted by Gasteiger charge is -2.28. The lowest BCUT2D eigenvalue weighted by Crippen LogP contribution is -2.30. The first-order valence-corrected chi connectivity index (χ1v) is 11.6. The molecule has 1 aromatic carbocycles. The number of benzene rings is 1. The Morgan fingerprint density at radius 2 is 1.93 bits per heavy atom. The van der Waals surface area contributed by atoms with Gasteiger partial charge in [-0.3, -0.25) is 4.79 Å². The summed E-state index contributed by atoms with van der Waals surface area (Å²) in [6.07, 6.45) is 5.61. The molecule has 0 unspecified atom stereocenters. The molecule has 3 aromatic rings. The predicted molar refractivity (Wildman–Crippen MR) is 117 cm³/mol. The standard InChI is InChI=1S/C19H19BrN4OS2/c1-26-19-22-16(24-9-3-2-4-10-24)14-11-15(27-18(14)23-19)17(25)21-13-7-5-12(20)6-8-13/h5-8,11H,2-4,9-10H2,1H3,(H,21,25). The highest BCUT2D eigenvalue weighted by molar-refractivity contribution is 9.10. The lowest BCUT2D eigenvalue weighted by atomic mass is 10.1. The summed E-state index contributed by atoms with van der Waals surface area (Å²) in [5.41, 5.74) is 0.771. The van der Waals surface area contributed by atoms with Crippen molar-refractivity contribution in [2.24, 2.45) is 0 Å². The molecule has 5 nitrogen and oxygen atoms in total. The van der Waals surface area contributed by atoms with Crippen LogP contribution < -0.4 is 10.2 Å². The molecule has 0 atom stereocenters. The van der Waals surface area contributed by atoms with Crippen molar-refractivity contribution >= 4 is 66.7 Å². The zero-order valence-corrected chi connectivity index (χ0v) is 18.1. The number of thioether (sulfide) groups is 1. The third kappa shape index (κ3) is 4.12. The van der Waals surface area contributed by atoms with E-state index in [9.17, 15) is 4.79 Å². The molecule has 27 heavy (non-hydrogen) atoms. The van der Waals surface area contributed by atoms with Crippen LogP contribution in [0.4, 0.5) is 11.5 Å². The van der Waals surface area contributed by atoms with Gasteiger partial charge in [-0.25, -0.2) is 9.97 Å². The molecule has 3 heterocycles. The van der Waals surface area contributed by atoms with Gasteiger partial charge < -0.3 is 10.2 Å². The van der Waals surface area contributed by atoms with Gasteiger partial charge in [-0.2, -0.15) is 0 Å². The quantitative estimate of drug-likeness (QED) is 0.414. The molecule has 2 aromatic heterocycles. The Morgan fingerprint density at radius 1 is 1.19 bits per heavy atom. The topological polar surface area (TPSA) is 58.1 Å². The smallest absolute Gasteiger partial charge is 0.265 e. The summed E-state index contributed by atoms with van der Waals surface area (Å²) < 4.78 is 0.980. The predicted octanol–water partition coefficient (Wildman–Crippen LogP) is 5.42. The van der Waals surface area contributed by atoms with E-state index in [-0.39, 0.29) is 5.91 Å². The van der Waals surface area contributed by atoms with E-state index in [0.29, 0.717) is 4.88 Å². The molecule has 0 radical (unpaired) electrons. The van der Waals surface area contributed by atoms with E-state index in [2.05, 4.69) is 31.1 Å². The second-order valence-electron chi connectivity index (χ2n) is 6.37. The van der Waals surface area contributed by atoms with Gasteiger partial charge in [0.1, 0.15) is 10.6 Å². The van der Waals surface area contributed by atoms with Crippen LogP contribution in [0.1, 0.15) is 28.9 Å². The number of thiophene rings is 1. The third-order valence-electron chi connectivity index (χ3n) is 4.52. The van der Waals surface area contributed by atoms with Crippen molar-refractivity contribution in [3.63, 3.8) is 0 Å². The second kappa shape index (κ2) is 8.16. The summed E-state index contributed by atoms with van der Waals surface area (Å²) in [6.45, 7) is 2.02. The summed E-state index contributed by atoms with van der Waals surface area (Å²) in [5.74, 6) is 0.846. The Bertz CT molecular complexity index is 968. The van der Waals surface area contributed by atoms with Gasteiger partial charge in [-0.1, -0.05) is 27.7 Å². The molecule has 0 spiro atoms. The van der Waals surface area contributed by atoms with Gasteiger partial charge in [0.05, 0.1) is 10.3 Å². The van der Waals surface area contributed by atoms with Gasteiger partial charge in [0, 0.05) is 23.2 Å². The van der Waals surface area contributed by atoms with Crippen molar-refractivity contribution in [3.8, 4) is 0 Å². The highest BCUT2D eigenvalue weighted by atomic mass is 79.9. The molecule has 1 fully saturated rings. The van der Waals surface area contributed by atoms with E-state index in [1.54, 1.807) is 0 Å². The monoisotopic (exact) mass is 462 g/mol. The number of nitrogens with zero attached hydrogens (tertiary/aromatic N) is 3. The normalized spacial score (nSPS) is 14.5. The fourth-order valence-corrected chi connectivity index (χ4v) is 4.77. The molecule has 0 saturated carbocycles. The molecule has 0 aliphatic carbocycles. The zero-order valence-electron chi connectivity index (χ0n) is 14.9. The van der Waals surface area contributed by atoms with Crippen molar-refractivity contribution in [1.29, 1.82) is 0 Å². The number of nitrogens with one attached hydrogen (secondary N) is 1. The zero-order chi connectivity index (χ0) is 18.8. The van der Waals surface area contributed by atoms with Gasteiger partial charge in [-0.15, -0.1) is 11.3 Å². The third-order valence-corrected chi connectivity index (χ3v) is 6.62. The minimum absolute atomic E-state index is 0.115. The van der Waals surface area contributed by atoms with Crippen LogP contribution >= 0.6 is 39.0 Å². The number of hydrogen-bond donors (Lipinski definition) is 1. The van der Waals surface area contributed by atoms with E-state index in [4.69, 9.17) is 4.98 Å². The molecule has 1 N–H and O–H groups in total. The van der Waals surface area contributed by atoms with Crippen LogP contribution in [0.15, 0.2) is 40.0 Å². The maximum atomic E-state index is 12.7. The number of aromatic nitrogens is 2. The number of carbonyl (C=O) groups excluding carboxylic acids is 1. The summed E-state index contributed by atoms with van der Waals surface area (Å²) in [4.78, 5) is 26.0. The number of anilines is 2. The molecular formula is C19H19BrN4OS2. The lowest BCUT2D eigenvalue weighted by molar-refractivity contribution is 0.103. The number of hydrogen-bond acceptors (Lipinski definition) is 6. The average Bonchev–Trinajstić information content (AvgIpc) is 3.14. The van der Waals surface area contributed by atoms with Crippen LogP contribution in [-0.4, -0.2) is 35.2 Å². The Balaban J connectivity index is 1.67. The van der Waals surface area contributed by atoms with Crippen LogP contribution in [0.25, 0.3) is 10.2 Å². The first-order valence-electron chi connectivity index (χ1n) is 8.81. The number of carbonyl (C=O) groups is 1. The number of halogens is 1. The van der Waals surface area contributed by atoms with Crippen molar-refractivity contribution in [3.05, 3.63) is 39.7 Å². The molecule has 4 rings (SSSR count). The van der Waals surface area contributed by atoms with E-state index in [0.717, 1.165) is 44.4 Å². The minimum atomic E-state index is -0.115. The molecule has 1 aliphatic rings.